The minimum Gasteiger partial charge on any atom is -0.310 e. The van der Waals surface area contributed by atoms with Gasteiger partial charge in [0.2, 0.25) is 11.9 Å². The highest BCUT2D eigenvalue weighted by molar-refractivity contribution is 7.13. The van der Waals surface area contributed by atoms with E-state index in [1.807, 2.05) is 47.8 Å². The number of aromatic amines is 1. The Kier molecular flexibility index (Phi) is 4.86. The number of carbonyl (C=O) groups excluding carboxylic acids is 1. The van der Waals surface area contributed by atoms with Crippen LogP contribution in [0.15, 0.2) is 64.8 Å². The fourth-order valence-electron chi connectivity index (χ4n) is 2.71. The van der Waals surface area contributed by atoms with Gasteiger partial charge in [-0.25, -0.2) is 4.98 Å². The van der Waals surface area contributed by atoms with Gasteiger partial charge in [0.15, 0.2) is 0 Å². The predicted octanol–water partition coefficient (Wildman–Crippen LogP) is 3.70. The lowest BCUT2D eigenvalue weighted by Gasteiger charge is -2.08. The van der Waals surface area contributed by atoms with Crippen molar-refractivity contribution >= 4 is 23.1 Å². The largest absolute Gasteiger partial charge is 0.310 e. The second-order valence-corrected chi connectivity index (χ2v) is 6.97. The normalized spacial score (nSPS) is 10.8. The third-order valence-corrected chi connectivity index (χ3v) is 4.96. The summed E-state index contributed by atoms with van der Waals surface area (Å²) in [6.07, 6.45) is 0.327. The summed E-state index contributed by atoms with van der Waals surface area (Å²) in [6.45, 7) is 1.77. The molecule has 0 bridgehead atoms. The monoisotopic (exact) mass is 391 g/mol. The van der Waals surface area contributed by atoms with Crippen molar-refractivity contribution in [2.45, 2.75) is 13.3 Å². The molecule has 1 aromatic carbocycles. The Morgan fingerprint density at radius 3 is 2.68 bits per heavy atom. The van der Waals surface area contributed by atoms with Crippen LogP contribution in [-0.2, 0) is 4.79 Å². The quantitative estimate of drug-likeness (QED) is 0.542. The fraction of sp³-hybridized carbons (Fsp3) is 0.100. The van der Waals surface area contributed by atoms with Gasteiger partial charge >= 0.3 is 0 Å². The lowest BCUT2D eigenvalue weighted by Crippen LogP contribution is -2.18. The third kappa shape index (κ3) is 3.63. The smallest absolute Gasteiger partial charge is 0.252 e. The number of hydrogen-bond acceptors (Lipinski definition) is 5. The van der Waals surface area contributed by atoms with E-state index in [-0.39, 0.29) is 17.4 Å². The summed E-state index contributed by atoms with van der Waals surface area (Å²) >= 11 is 1.54. The van der Waals surface area contributed by atoms with Gasteiger partial charge in [-0.05, 0) is 11.4 Å². The Hall–Kier alpha value is -3.52. The second-order valence-electron chi connectivity index (χ2n) is 6.03. The minimum absolute atomic E-state index is 0.152. The van der Waals surface area contributed by atoms with E-state index < -0.39 is 0 Å². The van der Waals surface area contributed by atoms with Gasteiger partial charge in [-0.1, -0.05) is 43.3 Å². The summed E-state index contributed by atoms with van der Waals surface area (Å²) in [7, 11) is 0. The van der Waals surface area contributed by atoms with Crippen molar-refractivity contribution in [3.63, 3.8) is 0 Å². The molecular formula is C20H17N5O2S. The summed E-state index contributed by atoms with van der Waals surface area (Å²) in [6, 6.07) is 16.5. The maximum absolute atomic E-state index is 12.3. The number of anilines is 1. The van der Waals surface area contributed by atoms with Crippen LogP contribution in [0.2, 0.25) is 0 Å². The molecule has 0 atom stereocenters. The zero-order valence-electron chi connectivity index (χ0n) is 15.0. The number of nitrogens with zero attached hydrogens (tertiary/aromatic N) is 3. The second kappa shape index (κ2) is 7.61. The number of carbonyl (C=O) groups is 1. The Morgan fingerprint density at radius 2 is 1.96 bits per heavy atom. The summed E-state index contributed by atoms with van der Waals surface area (Å²) in [5, 5.41) is 9.34. The number of rotatable bonds is 5. The molecule has 0 unspecified atom stereocenters. The van der Waals surface area contributed by atoms with Crippen LogP contribution >= 0.6 is 11.3 Å². The first-order chi connectivity index (χ1) is 13.6. The van der Waals surface area contributed by atoms with E-state index in [0.29, 0.717) is 23.6 Å². The van der Waals surface area contributed by atoms with E-state index in [2.05, 4.69) is 20.4 Å². The number of benzene rings is 1. The number of aromatic nitrogens is 4. The third-order valence-electron chi connectivity index (χ3n) is 4.07. The molecule has 7 nitrogen and oxygen atoms in total. The number of nitrogens with one attached hydrogen (secondary N) is 2. The van der Waals surface area contributed by atoms with Crippen LogP contribution in [0.25, 0.3) is 27.8 Å². The molecule has 4 rings (SSSR count). The summed E-state index contributed by atoms with van der Waals surface area (Å²) in [5.74, 6) is 0.532. The lowest BCUT2D eigenvalue weighted by molar-refractivity contribution is -0.115. The molecule has 0 saturated carbocycles. The maximum Gasteiger partial charge on any atom is 0.252 e. The van der Waals surface area contributed by atoms with Crippen LogP contribution in [0.1, 0.15) is 13.3 Å². The Labute approximate surface area is 164 Å². The van der Waals surface area contributed by atoms with Gasteiger partial charge in [0, 0.05) is 24.1 Å². The first-order valence-corrected chi connectivity index (χ1v) is 9.63. The van der Waals surface area contributed by atoms with Crippen LogP contribution < -0.4 is 10.9 Å². The zero-order chi connectivity index (χ0) is 19.5. The fourth-order valence-corrected chi connectivity index (χ4v) is 3.39. The molecule has 0 aliphatic carbocycles. The van der Waals surface area contributed by atoms with E-state index in [1.54, 1.807) is 24.3 Å². The number of amides is 1. The molecule has 0 radical (unpaired) electrons. The lowest BCUT2D eigenvalue weighted by atomic mass is 10.1. The van der Waals surface area contributed by atoms with Crippen LogP contribution in [0.5, 0.6) is 0 Å². The molecule has 8 heteroatoms. The van der Waals surface area contributed by atoms with E-state index >= 15 is 0 Å². The van der Waals surface area contributed by atoms with Crippen LogP contribution in [0.3, 0.4) is 0 Å². The van der Waals surface area contributed by atoms with E-state index in [0.717, 1.165) is 10.4 Å². The van der Waals surface area contributed by atoms with Crippen molar-refractivity contribution in [3.8, 4) is 27.8 Å². The van der Waals surface area contributed by atoms with Gasteiger partial charge in [0.25, 0.3) is 5.56 Å². The van der Waals surface area contributed by atoms with Gasteiger partial charge in [0.05, 0.1) is 10.6 Å². The highest BCUT2D eigenvalue weighted by Crippen LogP contribution is 2.27. The summed E-state index contributed by atoms with van der Waals surface area (Å²) in [4.78, 5) is 32.5. The average molecular weight is 391 g/mol. The highest BCUT2D eigenvalue weighted by atomic mass is 32.1. The van der Waals surface area contributed by atoms with E-state index in [9.17, 15) is 9.59 Å². The number of thiophene rings is 1. The van der Waals surface area contributed by atoms with Gasteiger partial charge in [0.1, 0.15) is 11.5 Å². The molecule has 0 saturated heterocycles. The van der Waals surface area contributed by atoms with Crippen molar-refractivity contribution in [1.82, 2.24) is 19.7 Å². The molecule has 4 aromatic rings. The van der Waals surface area contributed by atoms with E-state index in [1.165, 1.54) is 10.7 Å². The number of hydrogen-bond donors (Lipinski definition) is 2. The zero-order valence-corrected chi connectivity index (χ0v) is 15.9. The Balaban J connectivity index is 1.85. The SMILES string of the molecule is CCC(=O)Nc1cc(-c2cccs2)nn1-c1nc(-c2ccccc2)cc(=O)[nH]1. The first kappa shape index (κ1) is 17.9. The van der Waals surface area contributed by atoms with Crippen molar-refractivity contribution < 1.29 is 4.79 Å². The van der Waals surface area contributed by atoms with Gasteiger partial charge in [-0.3, -0.25) is 14.6 Å². The minimum atomic E-state index is -0.301. The first-order valence-electron chi connectivity index (χ1n) is 8.75. The molecule has 0 aliphatic heterocycles. The van der Waals surface area contributed by atoms with Crippen molar-refractivity contribution in [3.05, 3.63) is 70.3 Å². The molecule has 1 amide bonds. The van der Waals surface area contributed by atoms with Crippen LogP contribution in [0.4, 0.5) is 5.82 Å². The molecule has 3 aromatic heterocycles. The van der Waals surface area contributed by atoms with Gasteiger partial charge in [-0.2, -0.15) is 9.78 Å². The summed E-state index contributed by atoms with van der Waals surface area (Å²) < 4.78 is 1.45. The van der Waals surface area contributed by atoms with Crippen molar-refractivity contribution in [2.75, 3.05) is 5.32 Å². The molecule has 0 spiro atoms. The molecular weight excluding hydrogens is 374 g/mol. The standard InChI is InChI=1S/C20H17N5O2S/c1-2-18(26)22-17-11-15(16-9-6-10-28-16)24-25(17)20-21-14(12-19(27)23-20)13-7-4-3-5-8-13/h3-12H,2H2,1H3,(H,22,26)(H,21,23,27). The molecule has 0 fully saturated rings. The average Bonchev–Trinajstić information content (AvgIpc) is 3.38. The highest BCUT2D eigenvalue weighted by Gasteiger charge is 2.16. The molecule has 28 heavy (non-hydrogen) atoms. The van der Waals surface area contributed by atoms with Crippen LogP contribution in [-0.4, -0.2) is 25.7 Å². The molecule has 0 aliphatic rings. The van der Waals surface area contributed by atoms with Gasteiger partial charge in [-0.15, -0.1) is 11.3 Å². The number of H-pyrrole nitrogens is 1. The van der Waals surface area contributed by atoms with Crippen molar-refractivity contribution in [1.29, 1.82) is 0 Å². The topological polar surface area (TPSA) is 92.7 Å². The van der Waals surface area contributed by atoms with Gasteiger partial charge < -0.3 is 5.32 Å². The maximum atomic E-state index is 12.3. The van der Waals surface area contributed by atoms with Crippen LogP contribution in [0, 0.1) is 0 Å². The predicted molar refractivity (Wildman–Crippen MR) is 110 cm³/mol. The molecule has 3 heterocycles. The van der Waals surface area contributed by atoms with E-state index in [4.69, 9.17) is 0 Å². The Morgan fingerprint density at radius 1 is 1.14 bits per heavy atom. The Bertz CT molecular complexity index is 1160. The van der Waals surface area contributed by atoms with Crippen molar-refractivity contribution in [2.24, 2.45) is 0 Å². The summed E-state index contributed by atoms with van der Waals surface area (Å²) in [5.41, 5.74) is 1.74. The molecule has 140 valence electrons. The molecule has 2 N–H and O–H groups in total.